The van der Waals surface area contributed by atoms with Crippen LogP contribution in [0.3, 0.4) is 0 Å². The Morgan fingerprint density at radius 1 is 1.17 bits per heavy atom. The highest BCUT2D eigenvalue weighted by molar-refractivity contribution is 8.00. The molecule has 1 aliphatic rings. The minimum absolute atomic E-state index is 0.0708. The number of anilines is 1. The fraction of sp³-hybridized carbons (Fsp3) is 0.111. The van der Waals surface area contributed by atoms with Gasteiger partial charge in [0.15, 0.2) is 0 Å². The van der Waals surface area contributed by atoms with E-state index >= 15 is 0 Å². The van der Waals surface area contributed by atoms with Crippen LogP contribution in [0.5, 0.6) is 0 Å². The summed E-state index contributed by atoms with van der Waals surface area (Å²) in [6, 6.07) is 15.7. The van der Waals surface area contributed by atoms with E-state index in [4.69, 9.17) is 5.26 Å². The largest absolute Gasteiger partial charge is 0.329 e. The van der Waals surface area contributed by atoms with Crippen molar-refractivity contribution in [2.24, 2.45) is 0 Å². The maximum Gasteiger partial charge on any atom is 0.255 e. The number of hydrogen-bond donors (Lipinski definition) is 1. The van der Waals surface area contributed by atoms with E-state index in [1.807, 2.05) is 42.5 Å². The van der Waals surface area contributed by atoms with E-state index in [0.717, 1.165) is 28.9 Å². The van der Waals surface area contributed by atoms with Crippen LogP contribution in [-0.2, 0) is 6.42 Å². The summed E-state index contributed by atoms with van der Waals surface area (Å²) in [4.78, 5) is 15.7. The second-order valence-corrected chi connectivity index (χ2v) is 6.49. The first-order valence-corrected chi connectivity index (χ1v) is 8.12. The lowest BCUT2D eigenvalue weighted by atomic mass is 10.1. The number of benzene rings is 2. The molecule has 4 nitrogen and oxygen atoms in total. The highest BCUT2D eigenvalue weighted by Gasteiger charge is 2.21. The Morgan fingerprint density at radius 3 is 2.96 bits per heavy atom. The summed E-state index contributed by atoms with van der Waals surface area (Å²) in [6.07, 6.45) is 2.65. The third-order valence-corrected chi connectivity index (χ3v) is 5.20. The lowest BCUT2D eigenvalue weighted by molar-refractivity contribution is 1.05. The van der Waals surface area contributed by atoms with Crippen LogP contribution < -0.4 is 9.86 Å². The lowest BCUT2D eigenvalue weighted by Gasteiger charge is -2.19. The minimum Gasteiger partial charge on any atom is -0.329 e. The fourth-order valence-electron chi connectivity index (χ4n) is 2.90. The molecule has 0 radical (unpaired) electrons. The van der Waals surface area contributed by atoms with Gasteiger partial charge in [-0.3, -0.25) is 4.79 Å². The van der Waals surface area contributed by atoms with Gasteiger partial charge in [-0.2, -0.15) is 5.26 Å². The molecule has 4 rings (SSSR count). The van der Waals surface area contributed by atoms with Crippen molar-refractivity contribution in [1.82, 2.24) is 4.98 Å². The third kappa shape index (κ3) is 2.37. The second-order valence-electron chi connectivity index (χ2n) is 5.42. The Balaban J connectivity index is 1.76. The zero-order valence-electron chi connectivity index (χ0n) is 12.2. The van der Waals surface area contributed by atoms with Gasteiger partial charge in [0.1, 0.15) is 0 Å². The SMILES string of the molecule is N#Cc1ccc2c(c1)N(Sc1cccc3c(=O)[nH]ccc13)CC2. The van der Waals surface area contributed by atoms with Crippen LogP contribution in [-0.4, -0.2) is 11.5 Å². The zero-order valence-corrected chi connectivity index (χ0v) is 13.1. The van der Waals surface area contributed by atoms with Gasteiger partial charge >= 0.3 is 0 Å². The first kappa shape index (κ1) is 13.9. The summed E-state index contributed by atoms with van der Waals surface area (Å²) in [5, 5.41) is 10.8. The summed E-state index contributed by atoms with van der Waals surface area (Å²) in [7, 11) is 0. The molecular weight excluding hydrogens is 306 g/mol. The molecule has 1 aliphatic heterocycles. The van der Waals surface area contributed by atoms with E-state index in [0.29, 0.717) is 10.9 Å². The summed E-state index contributed by atoms with van der Waals surface area (Å²) in [5.41, 5.74) is 2.95. The molecule has 0 spiro atoms. The van der Waals surface area contributed by atoms with Gasteiger partial charge in [0.25, 0.3) is 5.56 Å². The number of fused-ring (bicyclic) bond motifs is 2. The third-order valence-electron chi connectivity index (χ3n) is 4.05. The van der Waals surface area contributed by atoms with Crippen molar-refractivity contribution in [3.63, 3.8) is 0 Å². The van der Waals surface area contributed by atoms with Gasteiger partial charge in [0.05, 0.1) is 17.3 Å². The Bertz CT molecular complexity index is 1000. The molecule has 23 heavy (non-hydrogen) atoms. The normalized spacial score (nSPS) is 13.1. The Labute approximate surface area is 137 Å². The molecule has 3 aromatic rings. The monoisotopic (exact) mass is 319 g/mol. The molecule has 2 heterocycles. The maximum absolute atomic E-state index is 11.9. The second kappa shape index (κ2) is 5.49. The van der Waals surface area contributed by atoms with Gasteiger partial charge in [-0.25, -0.2) is 0 Å². The molecule has 2 aromatic carbocycles. The zero-order chi connectivity index (χ0) is 15.8. The number of nitrogens with one attached hydrogen (secondary N) is 1. The van der Waals surface area contributed by atoms with Gasteiger partial charge in [0.2, 0.25) is 0 Å². The van der Waals surface area contributed by atoms with Gasteiger partial charge in [0, 0.05) is 28.4 Å². The summed E-state index contributed by atoms with van der Waals surface area (Å²) >= 11 is 1.62. The van der Waals surface area contributed by atoms with Gasteiger partial charge < -0.3 is 9.29 Å². The van der Waals surface area contributed by atoms with Crippen LogP contribution in [0.4, 0.5) is 5.69 Å². The number of rotatable bonds is 2. The van der Waals surface area contributed by atoms with Crippen LogP contribution >= 0.6 is 11.9 Å². The Morgan fingerprint density at radius 2 is 2.09 bits per heavy atom. The molecule has 1 aromatic heterocycles. The van der Waals surface area contributed by atoms with Crippen molar-refractivity contribution in [3.8, 4) is 6.07 Å². The number of aromatic nitrogens is 1. The van der Waals surface area contributed by atoms with Crippen molar-refractivity contribution in [3.05, 3.63) is 70.1 Å². The standard InChI is InChI=1S/C18H13N3OS/c19-11-12-4-5-13-7-9-21(16(13)10-12)23-17-3-1-2-15-14(17)6-8-20-18(15)22/h1-6,8,10H,7,9H2,(H,20,22). The van der Waals surface area contributed by atoms with E-state index in [-0.39, 0.29) is 5.56 Å². The maximum atomic E-state index is 11.9. The molecule has 0 unspecified atom stereocenters. The molecule has 0 atom stereocenters. The molecule has 0 aliphatic carbocycles. The van der Waals surface area contributed by atoms with Crippen molar-refractivity contribution >= 4 is 28.4 Å². The number of nitriles is 1. The molecule has 112 valence electrons. The van der Waals surface area contributed by atoms with Crippen molar-refractivity contribution in [1.29, 1.82) is 5.26 Å². The molecule has 0 amide bonds. The number of H-pyrrole nitrogens is 1. The molecular formula is C18H13N3OS. The quantitative estimate of drug-likeness (QED) is 0.735. The van der Waals surface area contributed by atoms with Crippen molar-refractivity contribution in [2.45, 2.75) is 11.3 Å². The molecule has 1 N–H and O–H groups in total. The first-order valence-electron chi connectivity index (χ1n) is 7.35. The topological polar surface area (TPSA) is 59.9 Å². The van der Waals surface area contributed by atoms with E-state index in [9.17, 15) is 4.79 Å². The van der Waals surface area contributed by atoms with Crippen LogP contribution in [0, 0.1) is 11.3 Å². The highest BCUT2D eigenvalue weighted by atomic mass is 32.2. The molecule has 5 heteroatoms. The van der Waals surface area contributed by atoms with Crippen LogP contribution in [0.2, 0.25) is 0 Å². The van der Waals surface area contributed by atoms with Crippen LogP contribution in [0.25, 0.3) is 10.8 Å². The Kier molecular flexibility index (Phi) is 3.32. The van der Waals surface area contributed by atoms with E-state index in [1.54, 1.807) is 18.1 Å². The van der Waals surface area contributed by atoms with Gasteiger partial charge in [-0.05, 0) is 54.3 Å². The highest BCUT2D eigenvalue weighted by Crippen LogP contribution is 2.38. The molecule has 0 saturated carbocycles. The average Bonchev–Trinajstić information content (AvgIpc) is 2.98. The number of aromatic amines is 1. The summed E-state index contributed by atoms with van der Waals surface area (Å²) < 4.78 is 2.20. The van der Waals surface area contributed by atoms with E-state index < -0.39 is 0 Å². The van der Waals surface area contributed by atoms with Crippen LogP contribution in [0.1, 0.15) is 11.1 Å². The van der Waals surface area contributed by atoms with Gasteiger partial charge in [-0.1, -0.05) is 12.1 Å². The van der Waals surface area contributed by atoms with E-state index in [1.165, 1.54) is 5.56 Å². The number of pyridine rings is 1. The lowest BCUT2D eigenvalue weighted by Crippen LogP contribution is -2.11. The summed E-state index contributed by atoms with van der Waals surface area (Å²) in [5.74, 6) is 0. The molecule has 0 fully saturated rings. The average molecular weight is 319 g/mol. The smallest absolute Gasteiger partial charge is 0.255 e. The molecule has 0 bridgehead atoms. The molecule has 0 saturated heterocycles. The van der Waals surface area contributed by atoms with Crippen LogP contribution in [0.15, 0.2) is 58.4 Å². The fourth-order valence-corrected chi connectivity index (χ4v) is 4.01. The van der Waals surface area contributed by atoms with E-state index in [2.05, 4.69) is 15.4 Å². The minimum atomic E-state index is -0.0708. The number of nitrogens with zero attached hydrogens (tertiary/aromatic N) is 2. The van der Waals surface area contributed by atoms with Crippen molar-refractivity contribution in [2.75, 3.05) is 10.8 Å². The predicted molar refractivity (Wildman–Crippen MR) is 92.6 cm³/mol. The Hall–Kier alpha value is -2.71. The first-order chi connectivity index (χ1) is 11.3. The predicted octanol–water partition coefficient (Wildman–Crippen LogP) is 3.47. The summed E-state index contributed by atoms with van der Waals surface area (Å²) in [6.45, 7) is 0.897. The van der Waals surface area contributed by atoms with Crippen molar-refractivity contribution < 1.29 is 0 Å². The van der Waals surface area contributed by atoms with Gasteiger partial charge in [-0.15, -0.1) is 0 Å². The number of hydrogen-bond acceptors (Lipinski definition) is 4.